The number of nitrogens with two attached hydrogens (primary N) is 1. The molecule has 0 bridgehead atoms. The molecule has 170 valence electrons. The first-order valence-corrected chi connectivity index (χ1v) is 11.3. The van der Waals surface area contributed by atoms with Crippen molar-refractivity contribution in [2.24, 2.45) is 0 Å². The average Bonchev–Trinajstić information content (AvgIpc) is 2.82. The van der Waals surface area contributed by atoms with Crippen LogP contribution < -0.4 is 11.1 Å². The number of rotatable bonds is 9. The highest BCUT2D eigenvalue weighted by atomic mass is 16.5. The molecule has 3 aromatic carbocycles. The number of para-hydroxylation sites is 2. The maximum absolute atomic E-state index is 11.7. The number of unbranched alkanes of at least 4 members (excludes halogenated alkanes) is 1. The van der Waals surface area contributed by atoms with Crippen LogP contribution in [0.1, 0.15) is 37.3 Å². The minimum atomic E-state index is -0.172. The topological polar surface area (TPSA) is 97.5 Å². The van der Waals surface area contributed by atoms with Crippen LogP contribution in [0.2, 0.25) is 0 Å². The van der Waals surface area contributed by atoms with Gasteiger partial charge in [-0.05, 0) is 61.6 Å². The fourth-order valence-electron chi connectivity index (χ4n) is 4.15. The van der Waals surface area contributed by atoms with Crippen molar-refractivity contribution >= 4 is 44.8 Å². The highest BCUT2D eigenvalue weighted by Gasteiger charge is 2.14. The summed E-state index contributed by atoms with van der Waals surface area (Å²) >= 11 is 0. The molecule has 4 aromatic rings. The Morgan fingerprint density at radius 1 is 1.03 bits per heavy atom. The highest BCUT2D eigenvalue weighted by molar-refractivity contribution is 6.08. The Morgan fingerprint density at radius 2 is 1.70 bits per heavy atom. The number of nitrogens with zero attached hydrogens (tertiary/aromatic N) is 1. The van der Waals surface area contributed by atoms with Crippen LogP contribution in [0.4, 0.5) is 17.1 Å². The van der Waals surface area contributed by atoms with Gasteiger partial charge in [0, 0.05) is 28.6 Å². The number of benzene rings is 3. The van der Waals surface area contributed by atoms with Crippen LogP contribution in [0, 0.1) is 0 Å². The van der Waals surface area contributed by atoms with Crippen molar-refractivity contribution in [3.05, 3.63) is 71.8 Å². The third-order valence-corrected chi connectivity index (χ3v) is 5.74. The lowest BCUT2D eigenvalue weighted by atomic mass is 9.99. The first-order chi connectivity index (χ1) is 16.1. The fourth-order valence-corrected chi connectivity index (χ4v) is 4.15. The van der Waals surface area contributed by atoms with Gasteiger partial charge >= 0.3 is 5.97 Å². The molecule has 0 atom stereocenters. The van der Waals surface area contributed by atoms with E-state index in [0.29, 0.717) is 25.1 Å². The number of aromatic nitrogens is 1. The Bertz CT molecular complexity index is 1230. The number of esters is 1. The number of hydrogen-bond acceptors (Lipinski definition) is 6. The molecule has 0 saturated heterocycles. The van der Waals surface area contributed by atoms with Crippen molar-refractivity contribution in [3.63, 3.8) is 0 Å². The highest BCUT2D eigenvalue weighted by Crippen LogP contribution is 2.36. The Labute approximate surface area is 193 Å². The molecule has 1 heterocycles. The molecule has 0 aliphatic heterocycles. The lowest BCUT2D eigenvalue weighted by Crippen LogP contribution is -2.06. The number of fused-ring (bicyclic) bond motifs is 2. The van der Waals surface area contributed by atoms with Gasteiger partial charge in [-0.25, -0.2) is 4.98 Å². The van der Waals surface area contributed by atoms with Gasteiger partial charge in [0.1, 0.15) is 0 Å². The van der Waals surface area contributed by atoms with Gasteiger partial charge < -0.3 is 20.9 Å². The van der Waals surface area contributed by atoms with Crippen molar-refractivity contribution in [3.8, 4) is 0 Å². The molecule has 1 aromatic heterocycles. The van der Waals surface area contributed by atoms with Crippen molar-refractivity contribution in [1.82, 2.24) is 4.98 Å². The zero-order valence-corrected chi connectivity index (χ0v) is 18.8. The molecule has 6 heteroatoms. The Morgan fingerprint density at radius 3 is 2.33 bits per heavy atom. The number of pyridine rings is 1. The van der Waals surface area contributed by atoms with E-state index >= 15 is 0 Å². The van der Waals surface area contributed by atoms with E-state index in [-0.39, 0.29) is 12.6 Å². The molecular formula is C27H29N3O3. The lowest BCUT2D eigenvalue weighted by molar-refractivity contribution is -0.143. The molecule has 0 spiro atoms. The fraction of sp³-hybridized carbons (Fsp3) is 0.259. The summed E-state index contributed by atoms with van der Waals surface area (Å²) in [6.07, 6.45) is 2.62. The summed E-state index contributed by atoms with van der Waals surface area (Å²) in [6.45, 7) is 2.11. The Kier molecular flexibility index (Phi) is 7.05. The predicted molar refractivity (Wildman–Crippen MR) is 133 cm³/mol. The third-order valence-electron chi connectivity index (χ3n) is 5.74. The molecule has 0 fully saturated rings. The summed E-state index contributed by atoms with van der Waals surface area (Å²) in [5.74, 6) is -0.172. The van der Waals surface area contributed by atoms with Crippen molar-refractivity contribution in [2.75, 3.05) is 17.7 Å². The zero-order valence-electron chi connectivity index (χ0n) is 18.8. The lowest BCUT2D eigenvalue weighted by Gasteiger charge is -2.19. The Balaban J connectivity index is 1.71. The average molecular weight is 444 g/mol. The molecule has 0 unspecified atom stereocenters. The van der Waals surface area contributed by atoms with E-state index < -0.39 is 0 Å². The van der Waals surface area contributed by atoms with Crippen LogP contribution in [0.3, 0.4) is 0 Å². The standard InChI is InChI=1S/C27H29N3O3/c1-2-33-26(32)14-8-5-9-19-22(28)15-18(17-31)16-25(19)30-27-20-10-3-6-12-23(20)29-24-13-7-4-11-21(24)27/h3-4,6-7,10-13,15-16,31H,2,5,8-9,14,17,28H2,1H3,(H,29,30). The minimum Gasteiger partial charge on any atom is -0.466 e. The van der Waals surface area contributed by atoms with Gasteiger partial charge in [0.05, 0.1) is 29.9 Å². The van der Waals surface area contributed by atoms with Gasteiger partial charge in [-0.3, -0.25) is 4.79 Å². The van der Waals surface area contributed by atoms with E-state index in [1.165, 1.54) is 0 Å². The largest absolute Gasteiger partial charge is 0.466 e. The molecule has 0 aliphatic carbocycles. The van der Waals surface area contributed by atoms with Crippen LogP contribution in [0.5, 0.6) is 0 Å². The third kappa shape index (κ3) is 5.07. The van der Waals surface area contributed by atoms with Crippen molar-refractivity contribution < 1.29 is 14.6 Å². The number of carbonyl (C=O) groups excluding carboxylic acids is 1. The molecule has 4 N–H and O–H groups in total. The van der Waals surface area contributed by atoms with Crippen molar-refractivity contribution in [1.29, 1.82) is 0 Å². The summed E-state index contributed by atoms with van der Waals surface area (Å²) in [4.78, 5) is 16.5. The quantitative estimate of drug-likeness (QED) is 0.137. The second-order valence-corrected chi connectivity index (χ2v) is 8.03. The van der Waals surface area contributed by atoms with Gasteiger partial charge in [-0.15, -0.1) is 0 Å². The summed E-state index contributed by atoms with van der Waals surface area (Å²) in [5, 5.41) is 15.4. The van der Waals surface area contributed by atoms with E-state index in [2.05, 4.69) is 17.4 Å². The smallest absolute Gasteiger partial charge is 0.305 e. The Hall–Kier alpha value is -3.64. The number of aliphatic hydroxyl groups is 1. The van der Waals surface area contributed by atoms with Gasteiger partial charge in [0.25, 0.3) is 0 Å². The normalized spacial score (nSPS) is 11.1. The van der Waals surface area contributed by atoms with E-state index in [9.17, 15) is 9.90 Å². The van der Waals surface area contributed by atoms with E-state index in [1.54, 1.807) is 0 Å². The molecule has 4 rings (SSSR count). The maximum atomic E-state index is 11.7. The van der Waals surface area contributed by atoms with Gasteiger partial charge in [-0.2, -0.15) is 0 Å². The first kappa shape index (κ1) is 22.6. The van der Waals surface area contributed by atoms with Gasteiger partial charge in [0.15, 0.2) is 0 Å². The number of hydrogen-bond donors (Lipinski definition) is 3. The molecule has 0 saturated carbocycles. The SMILES string of the molecule is CCOC(=O)CCCCc1c(N)cc(CO)cc1Nc1c2ccccc2nc2ccccc12. The number of aliphatic hydroxyl groups excluding tert-OH is 1. The number of anilines is 3. The monoisotopic (exact) mass is 443 g/mol. The zero-order chi connectivity index (χ0) is 23.2. The van der Waals surface area contributed by atoms with Crippen LogP contribution >= 0.6 is 0 Å². The molecule has 0 radical (unpaired) electrons. The second kappa shape index (κ2) is 10.3. The summed E-state index contributed by atoms with van der Waals surface area (Å²) in [7, 11) is 0. The summed E-state index contributed by atoms with van der Waals surface area (Å²) < 4.78 is 5.02. The second-order valence-electron chi connectivity index (χ2n) is 8.03. The maximum Gasteiger partial charge on any atom is 0.305 e. The van der Waals surface area contributed by atoms with Crippen LogP contribution in [0.15, 0.2) is 60.7 Å². The minimum absolute atomic E-state index is 0.0974. The molecule has 0 amide bonds. The number of nitrogen functional groups attached to an aromatic ring is 1. The predicted octanol–water partition coefficient (Wildman–Crippen LogP) is 5.48. The van der Waals surface area contributed by atoms with Crippen LogP contribution in [-0.4, -0.2) is 22.7 Å². The van der Waals surface area contributed by atoms with Crippen LogP contribution in [-0.2, 0) is 22.6 Å². The van der Waals surface area contributed by atoms with E-state index in [1.807, 2.05) is 55.5 Å². The summed E-state index contributed by atoms with van der Waals surface area (Å²) in [5.41, 5.74) is 12.4. The number of ether oxygens (including phenoxy) is 1. The van der Waals surface area contributed by atoms with Crippen LogP contribution in [0.25, 0.3) is 21.8 Å². The molecule has 6 nitrogen and oxygen atoms in total. The summed E-state index contributed by atoms with van der Waals surface area (Å²) in [6, 6.07) is 19.8. The molecule has 0 aliphatic rings. The molecular weight excluding hydrogens is 414 g/mol. The van der Waals surface area contributed by atoms with E-state index in [0.717, 1.165) is 57.1 Å². The number of carbonyl (C=O) groups is 1. The number of nitrogens with one attached hydrogen (secondary N) is 1. The van der Waals surface area contributed by atoms with E-state index in [4.69, 9.17) is 15.5 Å². The first-order valence-electron chi connectivity index (χ1n) is 11.3. The van der Waals surface area contributed by atoms with Gasteiger partial charge in [-0.1, -0.05) is 36.4 Å². The molecule has 33 heavy (non-hydrogen) atoms. The van der Waals surface area contributed by atoms with Crippen molar-refractivity contribution in [2.45, 2.75) is 39.2 Å². The van der Waals surface area contributed by atoms with Gasteiger partial charge in [0.2, 0.25) is 0 Å².